The van der Waals surface area contributed by atoms with Crippen molar-refractivity contribution >= 4 is 53.5 Å². The van der Waals surface area contributed by atoms with Crippen molar-refractivity contribution in [3.05, 3.63) is 23.8 Å². The minimum absolute atomic E-state index is 0.0733. The first-order valence-corrected chi connectivity index (χ1v) is 19.3. The second-order valence-electron chi connectivity index (χ2n) is 14.2. The molecule has 1 aromatic rings. The second-order valence-corrected chi connectivity index (χ2v) is 14.2. The number of aliphatic hydroxyl groups is 3. The van der Waals surface area contributed by atoms with Crippen LogP contribution in [0.25, 0.3) is 0 Å². The zero-order valence-corrected chi connectivity index (χ0v) is 33.0. The first-order valence-electron chi connectivity index (χ1n) is 19.8. The van der Waals surface area contributed by atoms with Crippen molar-refractivity contribution in [2.75, 3.05) is 38.7 Å². The van der Waals surface area contributed by atoms with Gasteiger partial charge in [0.05, 0.1) is 12.3 Å². The Kier molecular flexibility index (Phi) is 19.4. The summed E-state index contributed by atoms with van der Waals surface area (Å²) in [7, 11) is 1.48. The summed E-state index contributed by atoms with van der Waals surface area (Å²) in [6.45, 7) is 1.98. The maximum absolute atomic E-state index is 13.3. The number of carboxylic acids is 1. The molecule has 0 bridgehead atoms. The van der Waals surface area contributed by atoms with Gasteiger partial charge in [0.15, 0.2) is 7.47 Å². The fraction of sp³-hybridized carbons (Fsp3) is 0.632. The molecule has 21 heteroatoms. The molecule has 0 aromatic heterocycles. The molecule has 59 heavy (non-hydrogen) atoms. The number of aliphatic carboxylic acids is 1. The predicted octanol–water partition coefficient (Wildman–Crippen LogP) is -1.16. The summed E-state index contributed by atoms with van der Waals surface area (Å²) in [5.74, 6) is -4.47. The first kappa shape index (κ1) is 46.5. The van der Waals surface area contributed by atoms with Gasteiger partial charge >= 0.3 is 5.97 Å². The number of carbonyl (C=O) groups excluding carboxylic acids is 7. The number of amides is 6. The number of aliphatic hydroxyl groups excluding tert-OH is 3. The second kappa shape index (κ2) is 24.6. The number of likely N-dealkylation sites (tertiary alicyclic amines) is 1. The SMILES string of the molecule is [2H]C(=O)OCc1ccc(O[C@@H]2O[C@H](C(=O)O)[C@@H](O)[C@H](O)[C@H]2O)c(NC(=O)CCNC(=O)[C@H](CCCCNC(=O)CCOC)NC(=O)CCCCCN2C(=O)CC(C)C2=O)c1. The number of anilines is 1. The third-order valence-corrected chi connectivity index (χ3v) is 9.50. The van der Waals surface area contributed by atoms with E-state index in [4.69, 9.17) is 15.6 Å². The number of imide groups is 1. The van der Waals surface area contributed by atoms with E-state index in [1.807, 2.05) is 0 Å². The number of hydrogen-bond donors (Lipinski definition) is 8. The molecule has 1 aromatic carbocycles. The number of benzene rings is 1. The van der Waals surface area contributed by atoms with Gasteiger partial charge in [-0.05, 0) is 49.8 Å². The molecule has 0 saturated carbocycles. The average molecular weight is 839 g/mol. The molecule has 1 unspecified atom stereocenters. The third-order valence-electron chi connectivity index (χ3n) is 9.50. The molecular weight excluding hydrogens is 782 g/mol. The van der Waals surface area contributed by atoms with Crippen LogP contribution in [0.2, 0.25) is 0 Å². The number of methoxy groups -OCH3 is 1. The van der Waals surface area contributed by atoms with E-state index < -0.39 is 66.9 Å². The number of hydrogen-bond acceptors (Lipinski definition) is 15. The third kappa shape index (κ3) is 15.5. The van der Waals surface area contributed by atoms with Crippen LogP contribution >= 0.6 is 0 Å². The van der Waals surface area contributed by atoms with Gasteiger partial charge in [-0.3, -0.25) is 38.5 Å². The Morgan fingerprint density at radius 2 is 1.71 bits per heavy atom. The van der Waals surface area contributed by atoms with Crippen LogP contribution in [0.3, 0.4) is 0 Å². The van der Waals surface area contributed by atoms with Crippen molar-refractivity contribution in [2.24, 2.45) is 5.92 Å². The summed E-state index contributed by atoms with van der Waals surface area (Å²) >= 11 is 0. The van der Waals surface area contributed by atoms with E-state index in [0.29, 0.717) is 38.6 Å². The van der Waals surface area contributed by atoms with E-state index in [0.717, 1.165) is 0 Å². The summed E-state index contributed by atoms with van der Waals surface area (Å²) in [4.78, 5) is 99.3. The van der Waals surface area contributed by atoms with Crippen molar-refractivity contribution in [1.82, 2.24) is 20.9 Å². The number of unbranched alkanes of at least 4 members (excludes halogenated alkanes) is 3. The summed E-state index contributed by atoms with van der Waals surface area (Å²) < 4.78 is 27.4. The summed E-state index contributed by atoms with van der Waals surface area (Å²) in [5.41, 5.74) is 0.177. The number of carbonyl (C=O) groups is 8. The number of nitrogens with one attached hydrogen (secondary N) is 4. The van der Waals surface area contributed by atoms with Crippen LogP contribution in [0, 0.1) is 5.92 Å². The Labute approximate surface area is 341 Å². The molecule has 6 amide bonds. The van der Waals surface area contributed by atoms with Crippen LogP contribution in [0.4, 0.5) is 5.69 Å². The highest BCUT2D eigenvalue weighted by molar-refractivity contribution is 6.03. The standard InChI is InChI=1S/C38H55N5O16/c1-22-18-30(48)43(36(22)53)16-7-3-4-9-28(46)41-24(8-5-6-14-39-27(45)13-17-56-2)35(52)40-15-12-29(47)42-25-19-23(20-57-21-44)10-11-26(25)58-38-33(51)31(49)32(50)34(59-38)37(54)55/h10-11,19,21-22,24,31-34,38,49-51H,3-9,12-18,20H2,1-2H3,(H,39,45)(H,40,52)(H,41,46)(H,42,47)(H,54,55)/t22?,24-,31-,32-,33+,34-,38+/m0/s1/i21D. The molecule has 3 rings (SSSR count). The van der Waals surface area contributed by atoms with Gasteiger partial charge in [0.2, 0.25) is 41.7 Å². The maximum atomic E-state index is 13.3. The lowest BCUT2D eigenvalue weighted by Crippen LogP contribution is -2.61. The molecule has 2 fully saturated rings. The lowest BCUT2D eigenvalue weighted by atomic mass is 9.99. The zero-order valence-electron chi connectivity index (χ0n) is 34.0. The molecule has 8 N–H and O–H groups in total. The molecule has 0 radical (unpaired) electrons. The van der Waals surface area contributed by atoms with E-state index in [1.165, 1.54) is 30.2 Å². The summed E-state index contributed by atoms with van der Waals surface area (Å²) in [6.07, 6.45) is -8.22. The van der Waals surface area contributed by atoms with Crippen LogP contribution in [0.1, 0.15) is 78.1 Å². The van der Waals surface area contributed by atoms with E-state index in [2.05, 4.69) is 26.0 Å². The van der Waals surface area contributed by atoms with Crippen LogP contribution in [0.15, 0.2) is 18.2 Å². The quantitative estimate of drug-likeness (QED) is 0.0327. The average Bonchev–Trinajstić information content (AvgIpc) is 3.44. The summed E-state index contributed by atoms with van der Waals surface area (Å²) in [6, 6.07) is 2.92. The topological polar surface area (TPSA) is 306 Å². The first-order chi connectivity index (χ1) is 28.5. The molecule has 2 heterocycles. The Morgan fingerprint density at radius 1 is 0.949 bits per heavy atom. The van der Waals surface area contributed by atoms with Crippen molar-refractivity contribution in [3.63, 3.8) is 0 Å². The van der Waals surface area contributed by atoms with Gasteiger partial charge in [0.25, 0.3) is 6.45 Å². The molecule has 7 atom stereocenters. The molecule has 2 aliphatic heterocycles. The predicted molar refractivity (Wildman–Crippen MR) is 203 cm³/mol. The minimum atomic E-state index is -1.98. The Balaban J connectivity index is 1.60. The van der Waals surface area contributed by atoms with E-state index in [1.54, 1.807) is 6.92 Å². The normalized spacial score (nSPS) is 22.2. The van der Waals surface area contributed by atoms with Crippen molar-refractivity contribution in [1.29, 1.82) is 0 Å². The molecule has 328 valence electrons. The highest BCUT2D eigenvalue weighted by atomic mass is 16.7. The van der Waals surface area contributed by atoms with Crippen LogP contribution in [-0.4, -0.2) is 143 Å². The Bertz CT molecular complexity index is 1680. The van der Waals surface area contributed by atoms with Gasteiger partial charge < -0.3 is 60.6 Å². The van der Waals surface area contributed by atoms with Gasteiger partial charge in [0.1, 0.15) is 36.7 Å². The van der Waals surface area contributed by atoms with Gasteiger partial charge in [0, 0.05) is 58.3 Å². The van der Waals surface area contributed by atoms with Crippen LogP contribution in [-0.2, 0) is 59.2 Å². The van der Waals surface area contributed by atoms with E-state index >= 15 is 0 Å². The van der Waals surface area contributed by atoms with Crippen molar-refractivity contribution in [2.45, 2.75) is 114 Å². The lowest BCUT2D eigenvalue weighted by molar-refractivity contribution is -0.271. The number of carboxylic acid groups (broad SMARTS) is 1. The number of rotatable bonds is 25. The molecule has 0 spiro atoms. The number of ether oxygens (including phenoxy) is 4. The maximum Gasteiger partial charge on any atom is 0.335 e. The highest BCUT2D eigenvalue weighted by Gasteiger charge is 2.48. The van der Waals surface area contributed by atoms with E-state index in [9.17, 15) is 58.8 Å². The Morgan fingerprint density at radius 3 is 2.39 bits per heavy atom. The van der Waals surface area contributed by atoms with E-state index in [-0.39, 0.29) is 99.0 Å². The molecule has 0 aliphatic carbocycles. The molecule has 21 nitrogen and oxygen atoms in total. The fourth-order valence-electron chi connectivity index (χ4n) is 6.23. The highest BCUT2D eigenvalue weighted by Crippen LogP contribution is 2.31. The van der Waals surface area contributed by atoms with Gasteiger partial charge in [-0.1, -0.05) is 19.4 Å². The lowest BCUT2D eigenvalue weighted by Gasteiger charge is -2.38. The van der Waals surface area contributed by atoms with Crippen LogP contribution in [0.5, 0.6) is 5.75 Å². The van der Waals surface area contributed by atoms with Crippen molar-refractivity contribution < 1.29 is 79.1 Å². The molecule has 2 aliphatic rings. The molecule has 2 saturated heterocycles. The zero-order chi connectivity index (χ0) is 44.4. The fourth-order valence-corrected chi connectivity index (χ4v) is 6.23. The Hall–Kier alpha value is -5.22. The smallest absolute Gasteiger partial charge is 0.335 e. The van der Waals surface area contributed by atoms with Crippen molar-refractivity contribution in [3.8, 4) is 5.75 Å². The van der Waals surface area contributed by atoms with Gasteiger partial charge in [-0.25, -0.2) is 4.79 Å². The largest absolute Gasteiger partial charge is 0.479 e. The molecular formula is C38H55N5O16. The van der Waals surface area contributed by atoms with Gasteiger partial charge in [-0.15, -0.1) is 0 Å². The minimum Gasteiger partial charge on any atom is -0.479 e. The number of nitrogens with zero attached hydrogens (tertiary/aromatic N) is 1. The van der Waals surface area contributed by atoms with Gasteiger partial charge in [-0.2, -0.15) is 0 Å². The summed E-state index contributed by atoms with van der Waals surface area (Å²) in [5, 5.41) is 50.7. The monoisotopic (exact) mass is 838 g/mol. The van der Waals surface area contributed by atoms with Crippen LogP contribution < -0.4 is 26.0 Å².